The van der Waals surface area contributed by atoms with Crippen LogP contribution >= 0.6 is 11.3 Å². The van der Waals surface area contributed by atoms with Gasteiger partial charge in [0, 0.05) is 11.1 Å². The Bertz CT molecular complexity index is 566. The van der Waals surface area contributed by atoms with Crippen molar-refractivity contribution in [3.63, 3.8) is 0 Å². The Morgan fingerprint density at radius 2 is 2.26 bits per heavy atom. The predicted molar refractivity (Wildman–Crippen MR) is 75.4 cm³/mol. The molecule has 0 saturated carbocycles. The molecule has 2 aromatic rings. The van der Waals surface area contributed by atoms with Gasteiger partial charge in [0.25, 0.3) is 5.91 Å². The Balaban J connectivity index is 1.75. The highest BCUT2D eigenvalue weighted by atomic mass is 32.1. The van der Waals surface area contributed by atoms with Gasteiger partial charge in [0.05, 0.1) is 6.54 Å². The molecule has 0 fully saturated rings. The summed E-state index contributed by atoms with van der Waals surface area (Å²) in [5.41, 5.74) is 1.11. The van der Waals surface area contributed by atoms with Crippen molar-refractivity contribution >= 4 is 17.2 Å². The smallest absolute Gasteiger partial charge is 0.258 e. The number of hydrogen-bond acceptors (Lipinski definition) is 4. The third kappa shape index (κ3) is 4.37. The number of carbonyl (C=O) groups excluding carboxylic acids is 1. The van der Waals surface area contributed by atoms with Crippen molar-refractivity contribution in [3.8, 4) is 5.75 Å². The summed E-state index contributed by atoms with van der Waals surface area (Å²) in [6, 6.07) is 7.63. The lowest BCUT2D eigenvalue weighted by molar-refractivity contribution is -0.123. The summed E-state index contributed by atoms with van der Waals surface area (Å²) in [5.74, 6) is 0.564. The molecule has 0 bridgehead atoms. The Hall–Kier alpha value is -1.88. The normalized spacial score (nSPS) is 10.2. The first-order valence-corrected chi connectivity index (χ1v) is 6.82. The minimum Gasteiger partial charge on any atom is -0.484 e. The summed E-state index contributed by atoms with van der Waals surface area (Å²) < 4.78 is 5.41. The van der Waals surface area contributed by atoms with Crippen LogP contribution < -0.4 is 10.1 Å². The maximum Gasteiger partial charge on any atom is 0.258 e. The van der Waals surface area contributed by atoms with Crippen LogP contribution in [0.15, 0.2) is 30.5 Å². The molecule has 1 aromatic heterocycles. The van der Waals surface area contributed by atoms with E-state index in [4.69, 9.17) is 4.74 Å². The first-order chi connectivity index (χ1) is 9.13. The number of amides is 1. The lowest BCUT2D eigenvalue weighted by atomic mass is 10.2. The van der Waals surface area contributed by atoms with Crippen molar-refractivity contribution in [1.82, 2.24) is 10.3 Å². The third-order valence-corrected chi connectivity index (χ3v) is 3.38. The summed E-state index contributed by atoms with van der Waals surface area (Å²) in [6.07, 6.45) is 1.80. The SMILES string of the molecule is Cc1cccc(OCC(=O)NCc2ncc(C)s2)c1. The van der Waals surface area contributed by atoms with Crippen LogP contribution in [-0.4, -0.2) is 17.5 Å². The second-order valence-corrected chi connectivity index (χ2v) is 5.57. The highest BCUT2D eigenvalue weighted by molar-refractivity contribution is 7.11. The van der Waals surface area contributed by atoms with Gasteiger partial charge in [-0.15, -0.1) is 11.3 Å². The molecular formula is C14H16N2O2S. The van der Waals surface area contributed by atoms with E-state index in [1.54, 1.807) is 17.5 Å². The molecule has 0 aliphatic heterocycles. The van der Waals surface area contributed by atoms with Gasteiger partial charge in [-0.1, -0.05) is 12.1 Å². The zero-order valence-electron chi connectivity index (χ0n) is 11.0. The van der Waals surface area contributed by atoms with Gasteiger partial charge in [0.15, 0.2) is 6.61 Å². The minimum absolute atomic E-state index is 0.0216. The second-order valence-electron chi connectivity index (χ2n) is 4.25. The standard InChI is InChI=1S/C14H16N2O2S/c1-10-4-3-5-12(6-10)18-9-13(17)15-8-14-16-7-11(2)19-14/h3-7H,8-9H2,1-2H3,(H,15,17). The van der Waals surface area contributed by atoms with Crippen LogP contribution in [-0.2, 0) is 11.3 Å². The monoisotopic (exact) mass is 276 g/mol. The van der Waals surface area contributed by atoms with Crippen molar-refractivity contribution in [1.29, 1.82) is 0 Å². The lowest BCUT2D eigenvalue weighted by Gasteiger charge is -2.07. The number of nitrogens with zero attached hydrogens (tertiary/aromatic N) is 1. The third-order valence-electron chi connectivity index (χ3n) is 2.47. The van der Waals surface area contributed by atoms with Gasteiger partial charge in [0.2, 0.25) is 0 Å². The molecule has 0 unspecified atom stereocenters. The average Bonchev–Trinajstić information content (AvgIpc) is 2.80. The van der Waals surface area contributed by atoms with Crippen LogP contribution in [0, 0.1) is 13.8 Å². The molecule has 1 heterocycles. The summed E-state index contributed by atoms with van der Waals surface area (Å²) in [5, 5.41) is 3.69. The molecule has 0 aliphatic carbocycles. The molecule has 0 aliphatic rings. The fourth-order valence-electron chi connectivity index (χ4n) is 1.56. The van der Waals surface area contributed by atoms with Gasteiger partial charge in [-0.2, -0.15) is 0 Å². The first-order valence-electron chi connectivity index (χ1n) is 6.01. The van der Waals surface area contributed by atoms with Crippen LogP contribution in [0.2, 0.25) is 0 Å². The van der Waals surface area contributed by atoms with Crippen molar-refractivity contribution < 1.29 is 9.53 Å². The molecule has 1 aromatic carbocycles. The maximum atomic E-state index is 11.6. The minimum atomic E-state index is -0.144. The molecule has 19 heavy (non-hydrogen) atoms. The molecule has 0 spiro atoms. The van der Waals surface area contributed by atoms with Gasteiger partial charge < -0.3 is 10.1 Å². The Kier molecular flexibility index (Phi) is 4.52. The van der Waals surface area contributed by atoms with E-state index < -0.39 is 0 Å². The van der Waals surface area contributed by atoms with E-state index in [1.807, 2.05) is 38.1 Å². The van der Waals surface area contributed by atoms with Crippen LogP contribution in [0.5, 0.6) is 5.75 Å². The molecule has 0 radical (unpaired) electrons. The highest BCUT2D eigenvalue weighted by Crippen LogP contribution is 2.12. The van der Waals surface area contributed by atoms with Gasteiger partial charge in [-0.25, -0.2) is 4.98 Å². The van der Waals surface area contributed by atoms with E-state index in [2.05, 4.69) is 10.3 Å². The van der Waals surface area contributed by atoms with E-state index in [1.165, 1.54) is 0 Å². The topological polar surface area (TPSA) is 51.2 Å². The molecular weight excluding hydrogens is 260 g/mol. The Labute approximate surface area is 116 Å². The Morgan fingerprint density at radius 1 is 1.42 bits per heavy atom. The van der Waals surface area contributed by atoms with Gasteiger partial charge in [-0.3, -0.25) is 4.79 Å². The summed E-state index contributed by atoms with van der Waals surface area (Å²) in [6.45, 7) is 4.45. The quantitative estimate of drug-likeness (QED) is 0.912. The maximum absolute atomic E-state index is 11.6. The van der Waals surface area contributed by atoms with E-state index in [9.17, 15) is 4.79 Å². The summed E-state index contributed by atoms with van der Waals surface area (Å²) in [4.78, 5) is 16.9. The van der Waals surface area contributed by atoms with Crippen molar-refractivity contribution in [2.45, 2.75) is 20.4 Å². The summed E-state index contributed by atoms with van der Waals surface area (Å²) >= 11 is 1.58. The van der Waals surface area contributed by atoms with E-state index in [0.717, 1.165) is 15.4 Å². The highest BCUT2D eigenvalue weighted by Gasteiger charge is 2.04. The number of aryl methyl sites for hydroxylation is 2. The number of thiazole rings is 1. The largest absolute Gasteiger partial charge is 0.484 e. The van der Waals surface area contributed by atoms with Gasteiger partial charge in [-0.05, 0) is 31.5 Å². The predicted octanol–water partition coefficient (Wildman–Crippen LogP) is 2.46. The first kappa shape index (κ1) is 13.5. The van der Waals surface area contributed by atoms with Crippen LogP contribution in [0.3, 0.4) is 0 Å². The van der Waals surface area contributed by atoms with Crippen molar-refractivity contribution in [3.05, 3.63) is 45.9 Å². The number of rotatable bonds is 5. The van der Waals surface area contributed by atoms with Gasteiger partial charge in [0.1, 0.15) is 10.8 Å². The van der Waals surface area contributed by atoms with E-state index >= 15 is 0 Å². The average molecular weight is 276 g/mol. The second kappa shape index (κ2) is 6.33. The molecule has 1 amide bonds. The van der Waals surface area contributed by atoms with E-state index in [0.29, 0.717) is 12.3 Å². The van der Waals surface area contributed by atoms with Gasteiger partial charge >= 0.3 is 0 Å². The molecule has 1 N–H and O–H groups in total. The van der Waals surface area contributed by atoms with Crippen molar-refractivity contribution in [2.24, 2.45) is 0 Å². The molecule has 100 valence electrons. The fourth-order valence-corrected chi connectivity index (χ4v) is 2.29. The number of hydrogen-bond donors (Lipinski definition) is 1. The molecule has 0 atom stereocenters. The zero-order valence-corrected chi connectivity index (χ0v) is 11.8. The number of ether oxygens (including phenoxy) is 1. The van der Waals surface area contributed by atoms with E-state index in [-0.39, 0.29) is 12.5 Å². The molecule has 4 nitrogen and oxygen atoms in total. The van der Waals surface area contributed by atoms with Crippen LogP contribution in [0.25, 0.3) is 0 Å². The fraction of sp³-hybridized carbons (Fsp3) is 0.286. The van der Waals surface area contributed by atoms with Crippen LogP contribution in [0.4, 0.5) is 0 Å². The van der Waals surface area contributed by atoms with Crippen molar-refractivity contribution in [2.75, 3.05) is 6.61 Å². The Morgan fingerprint density at radius 3 is 2.95 bits per heavy atom. The zero-order chi connectivity index (χ0) is 13.7. The lowest BCUT2D eigenvalue weighted by Crippen LogP contribution is -2.28. The molecule has 0 saturated heterocycles. The molecule has 5 heteroatoms. The number of aromatic nitrogens is 1. The number of carbonyl (C=O) groups is 1. The summed E-state index contributed by atoms with van der Waals surface area (Å²) in [7, 11) is 0. The number of benzene rings is 1. The van der Waals surface area contributed by atoms with Crippen LogP contribution in [0.1, 0.15) is 15.4 Å². The molecule has 2 rings (SSSR count). The number of nitrogens with one attached hydrogen (secondary N) is 1.